The van der Waals surface area contributed by atoms with Gasteiger partial charge >= 0.3 is 0 Å². The van der Waals surface area contributed by atoms with E-state index in [0.717, 1.165) is 35.6 Å². The van der Waals surface area contributed by atoms with Gasteiger partial charge in [-0.15, -0.1) is 11.3 Å². The number of nitrogens with one attached hydrogen (secondary N) is 1. The van der Waals surface area contributed by atoms with Crippen molar-refractivity contribution in [1.82, 2.24) is 5.32 Å². The van der Waals surface area contributed by atoms with Gasteiger partial charge in [0.2, 0.25) is 0 Å². The first-order chi connectivity index (χ1) is 13.6. The summed E-state index contributed by atoms with van der Waals surface area (Å²) in [5.74, 6) is 0.526. The van der Waals surface area contributed by atoms with Crippen LogP contribution in [-0.2, 0) is 29.0 Å². The Morgan fingerprint density at radius 3 is 2.41 bits per heavy atom. The predicted octanol–water partition coefficient (Wildman–Crippen LogP) is 5.09. The second-order valence-electron chi connectivity index (χ2n) is 8.59. The number of anilines is 1. The first kappa shape index (κ1) is 24.0. The van der Waals surface area contributed by atoms with Crippen molar-refractivity contribution in [3.05, 3.63) is 40.8 Å². The van der Waals surface area contributed by atoms with E-state index in [9.17, 15) is 8.76 Å². The predicted molar refractivity (Wildman–Crippen MR) is 125 cm³/mol. The Hall–Kier alpha value is -1.25. The highest BCUT2D eigenvalue weighted by Crippen LogP contribution is 2.43. The summed E-state index contributed by atoms with van der Waals surface area (Å²) in [7, 11) is 1.70. The molecule has 0 saturated carbocycles. The second-order valence-corrected chi connectivity index (χ2v) is 10.5. The molecule has 2 rings (SSSR count). The Morgan fingerprint density at radius 2 is 1.90 bits per heavy atom. The minimum absolute atomic E-state index is 0.473. The molecule has 1 heterocycles. The fourth-order valence-corrected chi connectivity index (χ4v) is 5.61. The molecule has 2 N–H and O–H groups in total. The summed E-state index contributed by atoms with van der Waals surface area (Å²) in [6.45, 7) is 12.6. The fourth-order valence-electron chi connectivity index (χ4n) is 3.11. The lowest BCUT2D eigenvalue weighted by atomic mass is 10.0. The first-order valence-corrected chi connectivity index (χ1v) is 11.8. The zero-order valence-corrected chi connectivity index (χ0v) is 20.0. The van der Waals surface area contributed by atoms with Crippen LogP contribution >= 0.6 is 11.3 Å². The Kier molecular flexibility index (Phi) is 8.85. The van der Waals surface area contributed by atoms with Crippen LogP contribution in [0.25, 0.3) is 11.1 Å². The van der Waals surface area contributed by atoms with E-state index in [1.165, 1.54) is 10.4 Å². The van der Waals surface area contributed by atoms with Gasteiger partial charge in [-0.1, -0.05) is 38.1 Å². The molecule has 0 spiro atoms. The lowest BCUT2D eigenvalue weighted by Gasteiger charge is -2.33. The molecule has 29 heavy (non-hydrogen) atoms. The third kappa shape index (κ3) is 6.89. The zero-order valence-electron chi connectivity index (χ0n) is 18.3. The third-order valence-corrected chi connectivity index (χ3v) is 6.70. The van der Waals surface area contributed by atoms with Gasteiger partial charge in [0.25, 0.3) is 11.3 Å². The molecule has 1 atom stereocenters. The molecule has 1 unspecified atom stereocenters. The number of thiophene rings is 1. The molecular formula is C22H34N2O3S2. The van der Waals surface area contributed by atoms with Crippen LogP contribution in [0.15, 0.2) is 30.3 Å². The monoisotopic (exact) mass is 438 g/mol. The van der Waals surface area contributed by atoms with E-state index in [1.54, 1.807) is 22.8 Å². The summed E-state index contributed by atoms with van der Waals surface area (Å²) in [4.78, 5) is 1.23. The number of rotatable bonds is 10. The van der Waals surface area contributed by atoms with Gasteiger partial charge in [-0.2, -0.15) is 0 Å². The lowest BCUT2D eigenvalue weighted by Crippen LogP contribution is -2.42. The molecule has 0 saturated heterocycles. The molecule has 0 radical (unpaired) electrons. The first-order valence-electron chi connectivity index (χ1n) is 9.96. The number of benzene rings is 1. The van der Waals surface area contributed by atoms with Crippen LogP contribution in [0.4, 0.5) is 5.00 Å². The van der Waals surface area contributed by atoms with Crippen LogP contribution in [0.2, 0.25) is 0 Å². The average molecular weight is 439 g/mol. The molecule has 0 aliphatic rings. The Bertz CT molecular complexity index is 795. The molecule has 0 fully saturated rings. The molecule has 0 aliphatic carbocycles. The highest BCUT2D eigenvalue weighted by atomic mass is 32.2. The summed E-state index contributed by atoms with van der Waals surface area (Å²) < 4.78 is 28.9. The summed E-state index contributed by atoms with van der Waals surface area (Å²) in [5, 5.41) is 4.19. The molecule has 5 nitrogen and oxygen atoms in total. The van der Waals surface area contributed by atoms with Crippen LogP contribution in [0.1, 0.15) is 45.1 Å². The number of hydrogen-bond donors (Lipinski definition) is 2. The number of methoxy groups -OCH3 is 1. The zero-order chi connectivity index (χ0) is 21.6. The summed E-state index contributed by atoms with van der Waals surface area (Å²) >= 11 is -0.480. The molecule has 0 amide bonds. The van der Waals surface area contributed by atoms with E-state index in [2.05, 4.69) is 49.5 Å². The van der Waals surface area contributed by atoms with E-state index < -0.39 is 16.8 Å². The van der Waals surface area contributed by atoms with Crippen molar-refractivity contribution in [3.8, 4) is 11.1 Å². The van der Waals surface area contributed by atoms with Gasteiger partial charge in [-0.25, -0.2) is 4.21 Å². The SMILES string of the molecule is COCCNCc1ccc(-c2cc(CC(C)C)sc2N(S(=O)O)C(C)(C)C)cc1. The maximum absolute atomic E-state index is 12.2. The quantitative estimate of drug-likeness (QED) is 0.401. The highest BCUT2D eigenvalue weighted by Gasteiger charge is 2.30. The maximum Gasteiger partial charge on any atom is 0.263 e. The summed E-state index contributed by atoms with van der Waals surface area (Å²) in [6.07, 6.45) is 0.954. The molecule has 0 bridgehead atoms. The van der Waals surface area contributed by atoms with Crippen LogP contribution in [0.5, 0.6) is 0 Å². The van der Waals surface area contributed by atoms with Crippen molar-refractivity contribution in [2.24, 2.45) is 5.92 Å². The van der Waals surface area contributed by atoms with E-state index in [-0.39, 0.29) is 0 Å². The summed E-state index contributed by atoms with van der Waals surface area (Å²) in [5.41, 5.74) is 2.80. The minimum Gasteiger partial charge on any atom is -0.383 e. The maximum atomic E-state index is 12.2. The van der Waals surface area contributed by atoms with Crippen LogP contribution in [0.3, 0.4) is 0 Å². The van der Waals surface area contributed by atoms with Gasteiger partial charge in [-0.05, 0) is 50.3 Å². The molecule has 2 aromatic rings. The number of nitrogens with zero attached hydrogens (tertiary/aromatic N) is 1. The lowest BCUT2D eigenvalue weighted by molar-refractivity contribution is 0.199. The van der Waals surface area contributed by atoms with Gasteiger partial charge in [0.05, 0.1) is 6.61 Å². The highest BCUT2D eigenvalue weighted by molar-refractivity contribution is 7.81. The normalized spacial score (nSPS) is 13.1. The molecule has 1 aromatic heterocycles. The Balaban J connectivity index is 2.37. The largest absolute Gasteiger partial charge is 0.383 e. The van der Waals surface area contributed by atoms with Crippen LogP contribution in [-0.4, -0.2) is 34.6 Å². The van der Waals surface area contributed by atoms with Gasteiger partial charge in [0, 0.05) is 36.2 Å². The molecule has 0 aliphatic heterocycles. The molecule has 1 aromatic carbocycles. The third-order valence-electron chi connectivity index (χ3n) is 4.40. The fraction of sp³-hybridized carbons (Fsp3) is 0.545. The van der Waals surface area contributed by atoms with Crippen LogP contribution < -0.4 is 9.62 Å². The van der Waals surface area contributed by atoms with Crippen molar-refractivity contribution in [2.75, 3.05) is 24.6 Å². The van der Waals surface area contributed by atoms with E-state index in [0.29, 0.717) is 12.5 Å². The molecule has 162 valence electrons. The van der Waals surface area contributed by atoms with Crippen molar-refractivity contribution in [3.63, 3.8) is 0 Å². The molecule has 7 heteroatoms. The van der Waals surface area contributed by atoms with Crippen molar-refractivity contribution in [2.45, 2.75) is 53.1 Å². The topological polar surface area (TPSA) is 61.8 Å². The number of ether oxygens (including phenoxy) is 1. The van der Waals surface area contributed by atoms with E-state index in [1.807, 2.05) is 20.8 Å². The van der Waals surface area contributed by atoms with Crippen LogP contribution in [0, 0.1) is 5.92 Å². The Morgan fingerprint density at radius 1 is 1.24 bits per heavy atom. The van der Waals surface area contributed by atoms with Gasteiger partial charge in [-0.3, -0.25) is 8.86 Å². The van der Waals surface area contributed by atoms with Crippen molar-refractivity contribution < 1.29 is 13.5 Å². The van der Waals surface area contributed by atoms with Gasteiger partial charge in [0.15, 0.2) is 0 Å². The van der Waals surface area contributed by atoms with Gasteiger partial charge in [0.1, 0.15) is 5.00 Å². The van der Waals surface area contributed by atoms with Crippen molar-refractivity contribution in [1.29, 1.82) is 0 Å². The second kappa shape index (κ2) is 10.7. The van der Waals surface area contributed by atoms with E-state index in [4.69, 9.17) is 4.74 Å². The van der Waals surface area contributed by atoms with Crippen molar-refractivity contribution >= 4 is 27.6 Å². The standard InChI is InChI=1S/C22H34N2O3S2/c1-16(2)13-19-14-20(21(28-19)24(29(25)26)22(3,4)5)18-9-7-17(8-10-18)15-23-11-12-27-6/h7-10,14,16,23H,11-13,15H2,1-6H3,(H,25,26). The van der Waals surface area contributed by atoms with Gasteiger partial charge < -0.3 is 10.1 Å². The smallest absolute Gasteiger partial charge is 0.263 e. The average Bonchev–Trinajstić information content (AvgIpc) is 2.99. The summed E-state index contributed by atoms with van der Waals surface area (Å²) in [6, 6.07) is 10.6. The van der Waals surface area contributed by atoms with E-state index >= 15 is 0 Å². The Labute approximate surface area is 181 Å². The minimum atomic E-state index is -2.10. The number of hydrogen-bond acceptors (Lipinski definition) is 4. The molecular weight excluding hydrogens is 404 g/mol.